The van der Waals surface area contributed by atoms with Crippen molar-refractivity contribution in [2.24, 2.45) is 5.73 Å². The molecule has 0 aliphatic rings. The van der Waals surface area contributed by atoms with Gasteiger partial charge in [-0.2, -0.15) is 0 Å². The van der Waals surface area contributed by atoms with Crippen molar-refractivity contribution in [2.45, 2.75) is 19.0 Å². The molecule has 2 nitrogen and oxygen atoms in total. The van der Waals surface area contributed by atoms with Crippen LogP contribution in [-0.4, -0.2) is 11.7 Å². The highest BCUT2D eigenvalue weighted by molar-refractivity contribution is 5.32. The van der Waals surface area contributed by atoms with Crippen molar-refractivity contribution in [3.05, 3.63) is 35.4 Å². The zero-order valence-corrected chi connectivity index (χ0v) is 7.87. The maximum absolute atomic E-state index is 13.1. The van der Waals surface area contributed by atoms with Crippen LogP contribution in [0.15, 0.2) is 24.3 Å². The molecule has 0 radical (unpaired) electrons. The molecule has 1 unspecified atom stereocenters. The van der Waals surface area contributed by atoms with Gasteiger partial charge in [-0.05, 0) is 5.56 Å². The fourth-order valence-corrected chi connectivity index (χ4v) is 1.31. The van der Waals surface area contributed by atoms with Crippen LogP contribution in [0.5, 0.6) is 0 Å². The number of rotatable bonds is 3. The summed E-state index contributed by atoms with van der Waals surface area (Å²) in [6, 6.07) is 5.88. The first-order valence-corrected chi connectivity index (χ1v) is 4.32. The Labute approximate surface area is 81.4 Å². The average molecular weight is 201 g/mol. The van der Waals surface area contributed by atoms with Crippen molar-refractivity contribution >= 4 is 0 Å². The summed E-state index contributed by atoms with van der Waals surface area (Å²) in [5, 5.41) is 9.42. The summed E-state index contributed by atoms with van der Waals surface area (Å²) in [6.45, 7) is 0.738. The van der Waals surface area contributed by atoms with E-state index in [-0.39, 0.29) is 17.7 Å². The van der Waals surface area contributed by atoms with Gasteiger partial charge in [0, 0.05) is 19.0 Å². The molecule has 1 aromatic carbocycles. The fourth-order valence-electron chi connectivity index (χ4n) is 1.31. The quantitative estimate of drug-likeness (QED) is 0.783. The van der Waals surface area contributed by atoms with Crippen molar-refractivity contribution in [3.8, 4) is 0 Å². The number of aliphatic hydroxyl groups is 1. The lowest BCUT2D eigenvalue weighted by atomic mass is 9.98. The van der Waals surface area contributed by atoms with Crippen LogP contribution in [0, 0.1) is 0 Å². The van der Waals surface area contributed by atoms with Gasteiger partial charge in [-0.25, -0.2) is 8.78 Å². The molecule has 0 aromatic heterocycles. The van der Waals surface area contributed by atoms with E-state index in [1.165, 1.54) is 18.2 Å². The van der Waals surface area contributed by atoms with Gasteiger partial charge >= 0.3 is 0 Å². The molecule has 1 rings (SSSR count). The monoisotopic (exact) mass is 201 g/mol. The first kappa shape index (κ1) is 11.1. The first-order chi connectivity index (χ1) is 6.46. The summed E-state index contributed by atoms with van der Waals surface area (Å²) in [7, 11) is 0. The topological polar surface area (TPSA) is 46.2 Å². The number of aliphatic hydroxyl groups excluding tert-OH is 1. The van der Waals surface area contributed by atoms with E-state index in [1.807, 2.05) is 0 Å². The fraction of sp³-hybridized carbons (Fsp3) is 0.400. The number of halogens is 2. The highest BCUT2D eigenvalue weighted by Gasteiger charge is 2.28. The van der Waals surface area contributed by atoms with Crippen molar-refractivity contribution in [1.82, 2.24) is 0 Å². The molecule has 0 heterocycles. The molecule has 0 saturated carbocycles. The molecule has 0 amide bonds. The molecule has 3 N–H and O–H groups in total. The summed E-state index contributed by atoms with van der Waals surface area (Å²) in [5.74, 6) is -2.95. The van der Waals surface area contributed by atoms with E-state index in [1.54, 1.807) is 6.07 Å². The molecule has 14 heavy (non-hydrogen) atoms. The van der Waals surface area contributed by atoms with E-state index in [9.17, 15) is 13.9 Å². The Hall–Kier alpha value is -1.00. The van der Waals surface area contributed by atoms with Crippen LogP contribution in [0.3, 0.4) is 0 Å². The van der Waals surface area contributed by atoms with Crippen molar-refractivity contribution in [2.75, 3.05) is 6.54 Å². The number of benzene rings is 1. The van der Waals surface area contributed by atoms with Crippen LogP contribution in [0.4, 0.5) is 8.78 Å². The van der Waals surface area contributed by atoms with Crippen LogP contribution in [-0.2, 0) is 5.92 Å². The first-order valence-electron chi connectivity index (χ1n) is 4.32. The molecule has 0 spiro atoms. The second kappa shape index (κ2) is 4.02. The minimum atomic E-state index is -2.95. The van der Waals surface area contributed by atoms with Crippen LogP contribution in [0.25, 0.3) is 0 Å². The normalized spacial score (nSPS) is 14.1. The van der Waals surface area contributed by atoms with Crippen molar-refractivity contribution in [1.29, 1.82) is 0 Å². The second-order valence-electron chi connectivity index (χ2n) is 3.23. The number of nitrogens with two attached hydrogens (primary N) is 1. The molecular weight excluding hydrogens is 188 g/mol. The standard InChI is InChI=1S/C10H13F2NO/c1-10(11,12)8-5-3-2-4-7(8)9(14)6-13/h2-5,9,14H,6,13H2,1H3. The van der Waals surface area contributed by atoms with E-state index in [4.69, 9.17) is 5.73 Å². The maximum Gasteiger partial charge on any atom is 0.270 e. The van der Waals surface area contributed by atoms with Crippen molar-refractivity contribution < 1.29 is 13.9 Å². The van der Waals surface area contributed by atoms with Gasteiger partial charge in [0.05, 0.1) is 6.10 Å². The number of hydrogen-bond donors (Lipinski definition) is 2. The smallest absolute Gasteiger partial charge is 0.270 e. The minimum Gasteiger partial charge on any atom is -0.387 e. The van der Waals surface area contributed by atoms with Gasteiger partial charge in [-0.1, -0.05) is 24.3 Å². The Morgan fingerprint density at radius 2 is 2.00 bits per heavy atom. The third-order valence-electron chi connectivity index (χ3n) is 2.02. The van der Waals surface area contributed by atoms with Gasteiger partial charge < -0.3 is 10.8 Å². The minimum absolute atomic E-state index is 0.0624. The average Bonchev–Trinajstić information content (AvgIpc) is 2.15. The Bertz CT molecular complexity index is 309. The number of hydrogen-bond acceptors (Lipinski definition) is 2. The van der Waals surface area contributed by atoms with Gasteiger partial charge in [-0.15, -0.1) is 0 Å². The third kappa shape index (κ3) is 2.27. The van der Waals surface area contributed by atoms with E-state index >= 15 is 0 Å². The lowest BCUT2D eigenvalue weighted by molar-refractivity contribution is 0.0139. The SMILES string of the molecule is CC(F)(F)c1ccccc1C(O)CN. The summed E-state index contributed by atoms with van der Waals surface area (Å²) >= 11 is 0. The van der Waals surface area contributed by atoms with Gasteiger partial charge in [0.15, 0.2) is 0 Å². The van der Waals surface area contributed by atoms with Crippen LogP contribution in [0.2, 0.25) is 0 Å². The molecule has 0 aliphatic heterocycles. The highest BCUT2D eigenvalue weighted by Crippen LogP contribution is 2.32. The zero-order valence-electron chi connectivity index (χ0n) is 7.87. The molecule has 0 aliphatic carbocycles. The predicted octanol–water partition coefficient (Wildman–Crippen LogP) is 1.79. The predicted molar refractivity (Wildman–Crippen MR) is 50.0 cm³/mol. The van der Waals surface area contributed by atoms with Crippen molar-refractivity contribution in [3.63, 3.8) is 0 Å². The molecule has 78 valence electrons. The molecule has 0 fully saturated rings. The Balaban J connectivity index is 3.16. The summed E-state index contributed by atoms with van der Waals surface area (Å²) in [5.41, 5.74) is 5.25. The Morgan fingerprint density at radius 1 is 1.43 bits per heavy atom. The van der Waals surface area contributed by atoms with E-state index in [2.05, 4.69) is 0 Å². The number of alkyl halides is 2. The summed E-state index contributed by atoms with van der Waals surface area (Å²) < 4.78 is 26.1. The summed E-state index contributed by atoms with van der Waals surface area (Å²) in [4.78, 5) is 0. The van der Waals surface area contributed by atoms with Crippen LogP contribution < -0.4 is 5.73 Å². The van der Waals surface area contributed by atoms with E-state index < -0.39 is 12.0 Å². The molecule has 4 heteroatoms. The summed E-state index contributed by atoms with van der Waals surface area (Å²) in [6.07, 6.45) is -1.03. The Morgan fingerprint density at radius 3 is 2.50 bits per heavy atom. The van der Waals surface area contributed by atoms with Gasteiger partial charge in [0.2, 0.25) is 0 Å². The van der Waals surface area contributed by atoms with Gasteiger partial charge in [0.25, 0.3) is 5.92 Å². The molecule has 0 saturated heterocycles. The lowest BCUT2D eigenvalue weighted by Crippen LogP contribution is -2.18. The van der Waals surface area contributed by atoms with E-state index in [0.717, 1.165) is 6.92 Å². The van der Waals surface area contributed by atoms with Gasteiger partial charge in [-0.3, -0.25) is 0 Å². The lowest BCUT2D eigenvalue weighted by Gasteiger charge is -2.18. The maximum atomic E-state index is 13.1. The molecule has 1 aromatic rings. The zero-order chi connectivity index (χ0) is 10.8. The Kier molecular flexibility index (Phi) is 3.18. The largest absolute Gasteiger partial charge is 0.387 e. The van der Waals surface area contributed by atoms with Crippen LogP contribution >= 0.6 is 0 Å². The molecule has 1 atom stereocenters. The van der Waals surface area contributed by atoms with Gasteiger partial charge in [0.1, 0.15) is 0 Å². The third-order valence-corrected chi connectivity index (χ3v) is 2.02. The van der Waals surface area contributed by atoms with Crippen LogP contribution in [0.1, 0.15) is 24.2 Å². The second-order valence-corrected chi connectivity index (χ2v) is 3.23. The van der Waals surface area contributed by atoms with E-state index in [0.29, 0.717) is 0 Å². The molecular formula is C10H13F2NO. The molecule has 0 bridgehead atoms. The highest BCUT2D eigenvalue weighted by atomic mass is 19.3.